The lowest BCUT2D eigenvalue weighted by Crippen LogP contribution is -2.12. The van der Waals surface area contributed by atoms with Gasteiger partial charge in [0.25, 0.3) is 0 Å². The Morgan fingerprint density at radius 3 is 2.47 bits per heavy atom. The molecule has 3 heteroatoms. The summed E-state index contributed by atoms with van der Waals surface area (Å²) in [4.78, 5) is 0. The number of rotatable bonds is 2. The summed E-state index contributed by atoms with van der Waals surface area (Å²) in [6, 6.07) is 17.0. The maximum Gasteiger partial charge on any atom is 0.230 e. The molecule has 19 heavy (non-hydrogen) atoms. The monoisotopic (exact) mass is 255 g/mol. The van der Waals surface area contributed by atoms with Gasteiger partial charge in [-0.3, -0.25) is 0 Å². The van der Waals surface area contributed by atoms with Crippen molar-refractivity contribution in [1.82, 2.24) is 4.57 Å². The number of aromatic nitrogens is 1. The Morgan fingerprint density at radius 1 is 1.05 bits per heavy atom. The minimum atomic E-state index is -2.30. The second kappa shape index (κ2) is 4.21. The number of alkyl halides is 1. The summed E-state index contributed by atoms with van der Waals surface area (Å²) in [6.07, 6.45) is 1.94. The van der Waals surface area contributed by atoms with Gasteiger partial charge in [-0.25, -0.2) is 4.39 Å². The Kier molecular flexibility index (Phi) is 2.64. The van der Waals surface area contributed by atoms with E-state index in [1.807, 2.05) is 53.2 Å². The van der Waals surface area contributed by atoms with E-state index in [4.69, 9.17) is 0 Å². The molecule has 1 unspecified atom stereocenters. The van der Waals surface area contributed by atoms with Crippen molar-refractivity contribution in [2.75, 3.05) is 0 Å². The van der Waals surface area contributed by atoms with Crippen LogP contribution in [-0.4, -0.2) is 9.67 Å². The highest BCUT2D eigenvalue weighted by atomic mass is 19.2. The minimum absolute atomic E-state index is 0.269. The normalized spacial score (nSPS) is 14.5. The molecule has 0 fully saturated rings. The zero-order valence-electron chi connectivity index (χ0n) is 10.5. The number of halogens is 1. The van der Waals surface area contributed by atoms with Crippen LogP contribution in [0.2, 0.25) is 0 Å². The Labute approximate surface area is 110 Å². The summed E-state index contributed by atoms with van der Waals surface area (Å²) >= 11 is 0. The molecular weight excluding hydrogens is 241 g/mol. The molecule has 1 N–H and O–H groups in total. The average Bonchev–Trinajstić information content (AvgIpc) is 2.81. The van der Waals surface area contributed by atoms with Gasteiger partial charge in [0.1, 0.15) is 0 Å². The van der Waals surface area contributed by atoms with E-state index in [1.165, 1.54) is 0 Å². The van der Waals surface area contributed by atoms with Gasteiger partial charge in [0.2, 0.25) is 5.85 Å². The highest BCUT2D eigenvalue weighted by Gasteiger charge is 2.21. The van der Waals surface area contributed by atoms with Crippen molar-refractivity contribution in [1.29, 1.82) is 0 Å². The molecule has 2 nitrogen and oxygen atoms in total. The molecule has 0 spiro atoms. The van der Waals surface area contributed by atoms with Crippen LogP contribution in [0.1, 0.15) is 12.5 Å². The van der Waals surface area contributed by atoms with Crippen LogP contribution in [0, 0.1) is 0 Å². The lowest BCUT2D eigenvalue weighted by molar-refractivity contribution is -0.0767. The fourth-order valence-electron chi connectivity index (χ4n) is 2.24. The molecule has 0 saturated carbocycles. The number of hydrogen-bond acceptors (Lipinski definition) is 1. The average molecular weight is 255 g/mol. The molecule has 1 heterocycles. The van der Waals surface area contributed by atoms with Crippen LogP contribution >= 0.6 is 0 Å². The van der Waals surface area contributed by atoms with Crippen LogP contribution in [0.5, 0.6) is 0 Å². The highest BCUT2D eigenvalue weighted by molar-refractivity contribution is 5.82. The van der Waals surface area contributed by atoms with E-state index in [0.29, 0.717) is 0 Å². The zero-order valence-corrected chi connectivity index (χ0v) is 10.5. The van der Waals surface area contributed by atoms with Crippen molar-refractivity contribution in [3.05, 3.63) is 66.4 Å². The second-order valence-electron chi connectivity index (χ2n) is 4.75. The third-order valence-electron chi connectivity index (χ3n) is 3.25. The van der Waals surface area contributed by atoms with Gasteiger partial charge in [-0.05, 0) is 37.3 Å². The van der Waals surface area contributed by atoms with Gasteiger partial charge in [-0.1, -0.05) is 24.3 Å². The maximum atomic E-state index is 13.5. The van der Waals surface area contributed by atoms with Crippen molar-refractivity contribution >= 4 is 10.9 Å². The van der Waals surface area contributed by atoms with Crippen LogP contribution in [0.3, 0.4) is 0 Å². The minimum Gasteiger partial charge on any atom is -0.358 e. The molecule has 0 amide bonds. The van der Waals surface area contributed by atoms with Crippen LogP contribution in [0.25, 0.3) is 16.6 Å². The number of fused-ring (bicyclic) bond motifs is 1. The summed E-state index contributed by atoms with van der Waals surface area (Å²) in [5, 5.41) is 10.3. The third kappa shape index (κ3) is 2.13. The van der Waals surface area contributed by atoms with Gasteiger partial charge in [0.05, 0.1) is 5.52 Å². The maximum absolute atomic E-state index is 13.5. The molecule has 0 aliphatic rings. The van der Waals surface area contributed by atoms with Crippen molar-refractivity contribution in [2.24, 2.45) is 0 Å². The summed E-state index contributed by atoms with van der Waals surface area (Å²) in [6.45, 7) is 1.14. The standard InChI is InChI=1S/C16H14FNO/c1-16(17,19)13-7-8-15-12(11-13)9-10-18(15)14-5-3-2-4-6-14/h2-11,19H,1H3. The Balaban J connectivity index is 2.16. The molecule has 1 atom stereocenters. The topological polar surface area (TPSA) is 25.2 Å². The summed E-state index contributed by atoms with van der Waals surface area (Å²) in [5.74, 6) is -2.30. The SMILES string of the molecule is CC(O)(F)c1ccc2c(ccn2-c2ccccc2)c1. The zero-order chi connectivity index (χ0) is 13.5. The van der Waals surface area contributed by atoms with Crippen LogP contribution in [0.4, 0.5) is 4.39 Å². The van der Waals surface area contributed by atoms with Gasteiger partial charge in [0, 0.05) is 22.8 Å². The molecule has 3 rings (SSSR count). The fourth-order valence-corrected chi connectivity index (χ4v) is 2.24. The van der Waals surface area contributed by atoms with E-state index in [2.05, 4.69) is 0 Å². The van der Waals surface area contributed by atoms with Gasteiger partial charge >= 0.3 is 0 Å². The quantitative estimate of drug-likeness (QED) is 0.741. The van der Waals surface area contributed by atoms with E-state index < -0.39 is 5.85 Å². The van der Waals surface area contributed by atoms with Gasteiger partial charge in [-0.15, -0.1) is 0 Å². The number of nitrogens with zero attached hydrogens (tertiary/aromatic N) is 1. The van der Waals surface area contributed by atoms with Crippen LogP contribution < -0.4 is 0 Å². The van der Waals surface area contributed by atoms with E-state index in [9.17, 15) is 9.50 Å². The summed E-state index contributed by atoms with van der Waals surface area (Å²) < 4.78 is 15.6. The molecule has 3 aromatic rings. The molecular formula is C16H14FNO. The van der Waals surface area contributed by atoms with Crippen molar-refractivity contribution in [2.45, 2.75) is 12.8 Å². The molecule has 0 saturated heterocycles. The molecule has 2 aromatic carbocycles. The lowest BCUT2D eigenvalue weighted by atomic mass is 10.1. The molecule has 96 valence electrons. The van der Waals surface area contributed by atoms with Crippen LogP contribution in [-0.2, 0) is 5.85 Å². The van der Waals surface area contributed by atoms with Gasteiger partial charge in [0.15, 0.2) is 0 Å². The summed E-state index contributed by atoms with van der Waals surface area (Å²) in [5.41, 5.74) is 2.31. The van der Waals surface area contributed by atoms with Gasteiger partial charge < -0.3 is 9.67 Å². The van der Waals surface area contributed by atoms with Crippen LogP contribution in [0.15, 0.2) is 60.8 Å². The molecule has 1 aromatic heterocycles. The Morgan fingerprint density at radius 2 is 1.79 bits per heavy atom. The van der Waals surface area contributed by atoms with Crippen molar-refractivity contribution in [3.8, 4) is 5.69 Å². The Bertz CT molecular complexity index is 710. The van der Waals surface area contributed by atoms with E-state index in [0.717, 1.165) is 23.5 Å². The first-order chi connectivity index (χ1) is 9.05. The first-order valence-corrected chi connectivity index (χ1v) is 6.14. The molecule has 0 aliphatic carbocycles. The lowest BCUT2D eigenvalue weighted by Gasteiger charge is -2.13. The first kappa shape index (κ1) is 11.9. The number of hydrogen-bond donors (Lipinski definition) is 1. The largest absolute Gasteiger partial charge is 0.358 e. The highest BCUT2D eigenvalue weighted by Crippen LogP contribution is 2.27. The second-order valence-corrected chi connectivity index (χ2v) is 4.75. The number of para-hydroxylation sites is 1. The predicted molar refractivity (Wildman–Crippen MR) is 74.0 cm³/mol. The molecule has 0 radical (unpaired) electrons. The fraction of sp³-hybridized carbons (Fsp3) is 0.125. The van der Waals surface area contributed by atoms with Crippen molar-refractivity contribution < 1.29 is 9.50 Å². The number of benzene rings is 2. The third-order valence-corrected chi connectivity index (χ3v) is 3.25. The van der Waals surface area contributed by atoms with E-state index >= 15 is 0 Å². The van der Waals surface area contributed by atoms with E-state index in [1.54, 1.807) is 12.1 Å². The number of aliphatic hydroxyl groups is 1. The van der Waals surface area contributed by atoms with E-state index in [-0.39, 0.29) is 5.56 Å². The molecule has 0 bridgehead atoms. The predicted octanol–water partition coefficient (Wildman–Crippen LogP) is 3.77. The summed E-state index contributed by atoms with van der Waals surface area (Å²) in [7, 11) is 0. The Hall–Kier alpha value is -2.13. The smallest absolute Gasteiger partial charge is 0.230 e. The van der Waals surface area contributed by atoms with Crippen molar-refractivity contribution in [3.63, 3.8) is 0 Å². The first-order valence-electron chi connectivity index (χ1n) is 6.14. The van der Waals surface area contributed by atoms with Gasteiger partial charge in [-0.2, -0.15) is 0 Å². The molecule has 0 aliphatic heterocycles.